The second-order valence-corrected chi connectivity index (χ2v) is 7.28. The number of amides is 3. The molecule has 5 nitrogen and oxygen atoms in total. The number of carbonyl (C=O) groups is 2. The van der Waals surface area contributed by atoms with Crippen molar-refractivity contribution in [1.82, 2.24) is 4.90 Å². The molecule has 0 saturated carbocycles. The molecule has 0 spiro atoms. The standard InChI is InChI=1S/C22H19Cl2N3O2/c23-19-10-9-18(12-20(19)24)26-22(29)27(13-15-5-2-1-3-6-15)14-16-7-4-8-17(11-16)21(25)28/h1-12H,13-14H2,(H2,25,28)(H,26,29). The van der Waals surface area contributed by atoms with Gasteiger partial charge in [-0.05, 0) is 41.5 Å². The van der Waals surface area contributed by atoms with Gasteiger partial charge in [-0.3, -0.25) is 4.79 Å². The fraction of sp³-hybridized carbons (Fsp3) is 0.0909. The number of anilines is 1. The average molecular weight is 428 g/mol. The van der Waals surface area contributed by atoms with Gasteiger partial charge in [0.25, 0.3) is 0 Å². The lowest BCUT2D eigenvalue weighted by Crippen LogP contribution is -2.34. The molecular weight excluding hydrogens is 409 g/mol. The van der Waals surface area contributed by atoms with E-state index in [0.717, 1.165) is 11.1 Å². The largest absolute Gasteiger partial charge is 0.366 e. The molecule has 3 rings (SSSR count). The van der Waals surface area contributed by atoms with Crippen LogP contribution in [0.4, 0.5) is 10.5 Å². The summed E-state index contributed by atoms with van der Waals surface area (Å²) in [5.41, 5.74) is 8.07. The van der Waals surface area contributed by atoms with Gasteiger partial charge in [0.05, 0.1) is 10.0 Å². The molecule has 3 aromatic carbocycles. The number of nitrogens with two attached hydrogens (primary N) is 1. The predicted octanol–water partition coefficient (Wildman–Crippen LogP) is 5.33. The molecule has 3 aromatic rings. The lowest BCUT2D eigenvalue weighted by Gasteiger charge is -2.24. The van der Waals surface area contributed by atoms with E-state index in [0.29, 0.717) is 34.4 Å². The molecule has 0 fully saturated rings. The monoisotopic (exact) mass is 427 g/mol. The van der Waals surface area contributed by atoms with Gasteiger partial charge in [-0.1, -0.05) is 65.7 Å². The number of hydrogen-bond acceptors (Lipinski definition) is 2. The van der Waals surface area contributed by atoms with Crippen LogP contribution < -0.4 is 11.1 Å². The summed E-state index contributed by atoms with van der Waals surface area (Å²) in [6, 6.07) is 21.1. The molecule has 3 amide bonds. The van der Waals surface area contributed by atoms with E-state index in [-0.39, 0.29) is 6.03 Å². The number of rotatable bonds is 6. The van der Waals surface area contributed by atoms with Gasteiger partial charge >= 0.3 is 6.03 Å². The van der Waals surface area contributed by atoms with E-state index in [1.165, 1.54) is 0 Å². The molecule has 0 aromatic heterocycles. The van der Waals surface area contributed by atoms with Crippen molar-refractivity contribution >= 4 is 40.8 Å². The number of nitrogens with one attached hydrogen (secondary N) is 1. The Labute approximate surface area is 179 Å². The predicted molar refractivity (Wildman–Crippen MR) is 116 cm³/mol. The highest BCUT2D eigenvalue weighted by atomic mass is 35.5. The maximum atomic E-state index is 13.0. The van der Waals surface area contributed by atoms with E-state index >= 15 is 0 Å². The van der Waals surface area contributed by atoms with Crippen LogP contribution in [0.1, 0.15) is 21.5 Å². The van der Waals surface area contributed by atoms with Crippen molar-refractivity contribution in [2.45, 2.75) is 13.1 Å². The van der Waals surface area contributed by atoms with Crippen molar-refractivity contribution < 1.29 is 9.59 Å². The van der Waals surface area contributed by atoms with Gasteiger partial charge < -0.3 is 16.0 Å². The fourth-order valence-corrected chi connectivity index (χ4v) is 3.12. The van der Waals surface area contributed by atoms with Crippen LogP contribution in [0, 0.1) is 0 Å². The Hall–Kier alpha value is -3.02. The third-order valence-corrected chi connectivity index (χ3v) is 5.00. The van der Waals surface area contributed by atoms with Gasteiger partial charge in [0.1, 0.15) is 0 Å². The number of hydrogen-bond donors (Lipinski definition) is 2. The SMILES string of the molecule is NC(=O)c1cccc(CN(Cc2ccccc2)C(=O)Nc2ccc(Cl)c(Cl)c2)c1. The first-order valence-corrected chi connectivity index (χ1v) is 9.61. The zero-order valence-corrected chi connectivity index (χ0v) is 17.0. The van der Waals surface area contributed by atoms with E-state index < -0.39 is 5.91 Å². The molecule has 0 atom stereocenters. The Morgan fingerprint density at radius 2 is 1.52 bits per heavy atom. The lowest BCUT2D eigenvalue weighted by atomic mass is 10.1. The Morgan fingerprint density at radius 1 is 0.828 bits per heavy atom. The highest BCUT2D eigenvalue weighted by Crippen LogP contribution is 2.25. The number of urea groups is 1. The minimum absolute atomic E-state index is 0.295. The van der Waals surface area contributed by atoms with E-state index in [4.69, 9.17) is 28.9 Å². The zero-order chi connectivity index (χ0) is 20.8. The second kappa shape index (κ2) is 9.45. The number of nitrogens with zero attached hydrogens (tertiary/aromatic N) is 1. The molecule has 0 bridgehead atoms. The van der Waals surface area contributed by atoms with Crippen LogP contribution in [0.15, 0.2) is 72.8 Å². The Bertz CT molecular complexity index is 1030. The summed E-state index contributed by atoms with van der Waals surface area (Å²) in [6.07, 6.45) is 0. The quantitative estimate of drug-likeness (QED) is 0.557. The lowest BCUT2D eigenvalue weighted by molar-refractivity contribution is 0.1000. The number of halogens is 2. The molecule has 148 valence electrons. The van der Waals surface area contributed by atoms with Gasteiger partial charge in [0.15, 0.2) is 0 Å². The summed E-state index contributed by atoms with van der Waals surface area (Å²) in [5, 5.41) is 3.61. The summed E-state index contributed by atoms with van der Waals surface area (Å²) in [7, 11) is 0. The average Bonchev–Trinajstić information content (AvgIpc) is 2.71. The van der Waals surface area contributed by atoms with Crippen molar-refractivity contribution in [3.63, 3.8) is 0 Å². The van der Waals surface area contributed by atoms with Crippen LogP contribution in [-0.2, 0) is 13.1 Å². The van der Waals surface area contributed by atoms with Gasteiger partial charge in [-0.2, -0.15) is 0 Å². The summed E-state index contributed by atoms with van der Waals surface area (Å²) in [4.78, 5) is 26.1. The summed E-state index contributed by atoms with van der Waals surface area (Å²) >= 11 is 12.0. The van der Waals surface area contributed by atoms with E-state index in [1.54, 1.807) is 41.3 Å². The van der Waals surface area contributed by atoms with Crippen LogP contribution >= 0.6 is 23.2 Å². The Balaban J connectivity index is 1.83. The molecule has 0 aliphatic heterocycles. The Kier molecular flexibility index (Phi) is 6.75. The van der Waals surface area contributed by atoms with Gasteiger partial charge in [-0.25, -0.2) is 4.79 Å². The van der Waals surface area contributed by atoms with Crippen LogP contribution in [-0.4, -0.2) is 16.8 Å². The zero-order valence-electron chi connectivity index (χ0n) is 15.4. The first kappa shape index (κ1) is 20.7. The number of carbonyl (C=O) groups excluding carboxylic acids is 2. The molecule has 0 saturated heterocycles. The topological polar surface area (TPSA) is 75.4 Å². The smallest absolute Gasteiger partial charge is 0.322 e. The highest BCUT2D eigenvalue weighted by molar-refractivity contribution is 6.42. The van der Waals surface area contributed by atoms with Gasteiger partial charge in [-0.15, -0.1) is 0 Å². The molecule has 0 aliphatic rings. The summed E-state index contributed by atoms with van der Waals surface area (Å²) < 4.78 is 0. The maximum absolute atomic E-state index is 13.0. The Morgan fingerprint density at radius 3 is 2.21 bits per heavy atom. The molecule has 0 heterocycles. The van der Waals surface area contributed by atoms with E-state index in [1.807, 2.05) is 36.4 Å². The molecule has 0 aliphatic carbocycles. The van der Waals surface area contributed by atoms with Crippen molar-refractivity contribution in [3.8, 4) is 0 Å². The van der Waals surface area contributed by atoms with Crippen LogP contribution in [0.3, 0.4) is 0 Å². The van der Waals surface area contributed by atoms with Crippen LogP contribution in [0.25, 0.3) is 0 Å². The molecule has 0 radical (unpaired) electrons. The second-order valence-electron chi connectivity index (χ2n) is 6.47. The van der Waals surface area contributed by atoms with E-state index in [9.17, 15) is 9.59 Å². The molecule has 0 unspecified atom stereocenters. The number of primary amides is 1. The van der Waals surface area contributed by atoms with Crippen molar-refractivity contribution in [3.05, 3.63) is 99.5 Å². The molecule has 7 heteroatoms. The normalized spacial score (nSPS) is 10.4. The highest BCUT2D eigenvalue weighted by Gasteiger charge is 2.16. The maximum Gasteiger partial charge on any atom is 0.322 e. The summed E-state index contributed by atoms with van der Waals surface area (Å²) in [5.74, 6) is -0.512. The van der Waals surface area contributed by atoms with E-state index in [2.05, 4.69) is 5.32 Å². The van der Waals surface area contributed by atoms with Crippen LogP contribution in [0.2, 0.25) is 10.0 Å². The van der Waals surface area contributed by atoms with Gasteiger partial charge in [0.2, 0.25) is 5.91 Å². The first-order chi connectivity index (χ1) is 13.9. The fourth-order valence-electron chi connectivity index (χ4n) is 2.82. The van der Waals surface area contributed by atoms with Crippen molar-refractivity contribution in [1.29, 1.82) is 0 Å². The number of benzene rings is 3. The van der Waals surface area contributed by atoms with Crippen molar-refractivity contribution in [2.24, 2.45) is 5.73 Å². The van der Waals surface area contributed by atoms with Crippen molar-refractivity contribution in [2.75, 3.05) is 5.32 Å². The first-order valence-electron chi connectivity index (χ1n) is 8.86. The minimum Gasteiger partial charge on any atom is -0.366 e. The van der Waals surface area contributed by atoms with Gasteiger partial charge in [0, 0.05) is 24.3 Å². The third kappa shape index (κ3) is 5.73. The minimum atomic E-state index is -0.512. The molecule has 29 heavy (non-hydrogen) atoms. The molecule has 3 N–H and O–H groups in total. The third-order valence-electron chi connectivity index (χ3n) is 4.26. The molecular formula is C22H19Cl2N3O2. The van der Waals surface area contributed by atoms with Crippen LogP contribution in [0.5, 0.6) is 0 Å². The summed E-state index contributed by atoms with van der Waals surface area (Å²) in [6.45, 7) is 0.679.